The van der Waals surface area contributed by atoms with Gasteiger partial charge in [0.15, 0.2) is 11.5 Å². The second-order valence-corrected chi connectivity index (χ2v) is 5.13. The molecular formula is C15H20N4O2S. The SMILES string of the molecule is CCCCOc1ccc(/C=N\n2c(C)n[nH]c2=S)cc1OC. The summed E-state index contributed by atoms with van der Waals surface area (Å²) in [5.41, 5.74) is 0.891. The third kappa shape index (κ3) is 3.94. The van der Waals surface area contributed by atoms with Crippen LogP contribution in [0.2, 0.25) is 0 Å². The molecule has 1 heterocycles. The third-order valence-corrected chi connectivity index (χ3v) is 3.34. The maximum atomic E-state index is 5.71. The maximum absolute atomic E-state index is 5.71. The van der Waals surface area contributed by atoms with Crippen molar-refractivity contribution in [3.05, 3.63) is 34.4 Å². The summed E-state index contributed by atoms with van der Waals surface area (Å²) in [4.78, 5) is 0. The number of aromatic amines is 1. The molecule has 0 unspecified atom stereocenters. The van der Waals surface area contributed by atoms with Crippen LogP contribution in [0.15, 0.2) is 23.3 Å². The van der Waals surface area contributed by atoms with Crippen molar-refractivity contribution >= 4 is 18.4 Å². The molecule has 0 radical (unpaired) electrons. The monoisotopic (exact) mass is 320 g/mol. The molecule has 1 aromatic carbocycles. The van der Waals surface area contributed by atoms with E-state index < -0.39 is 0 Å². The molecule has 0 aliphatic rings. The van der Waals surface area contributed by atoms with Crippen LogP contribution >= 0.6 is 12.2 Å². The first-order chi connectivity index (χ1) is 10.7. The first-order valence-electron chi connectivity index (χ1n) is 7.15. The highest BCUT2D eigenvalue weighted by Gasteiger charge is 2.05. The third-order valence-electron chi connectivity index (χ3n) is 3.08. The highest BCUT2D eigenvalue weighted by Crippen LogP contribution is 2.27. The molecule has 1 aromatic heterocycles. The molecule has 0 amide bonds. The molecule has 118 valence electrons. The van der Waals surface area contributed by atoms with E-state index >= 15 is 0 Å². The molecule has 0 fully saturated rings. The van der Waals surface area contributed by atoms with Crippen molar-refractivity contribution in [3.63, 3.8) is 0 Å². The largest absolute Gasteiger partial charge is 0.493 e. The van der Waals surface area contributed by atoms with E-state index in [9.17, 15) is 0 Å². The molecule has 7 heteroatoms. The fourth-order valence-corrected chi connectivity index (χ4v) is 2.07. The molecule has 2 aromatic rings. The summed E-state index contributed by atoms with van der Waals surface area (Å²) < 4.78 is 13.1. The Hall–Kier alpha value is -2.15. The van der Waals surface area contributed by atoms with Gasteiger partial charge in [-0.2, -0.15) is 14.9 Å². The molecule has 0 spiro atoms. The Balaban J connectivity index is 2.17. The van der Waals surface area contributed by atoms with Crippen LogP contribution in [0.5, 0.6) is 11.5 Å². The zero-order chi connectivity index (χ0) is 15.9. The molecule has 6 nitrogen and oxygen atoms in total. The van der Waals surface area contributed by atoms with Gasteiger partial charge in [-0.25, -0.2) is 0 Å². The second-order valence-electron chi connectivity index (χ2n) is 4.74. The van der Waals surface area contributed by atoms with Crippen LogP contribution in [-0.4, -0.2) is 34.8 Å². The number of benzene rings is 1. The van der Waals surface area contributed by atoms with Gasteiger partial charge in [0.05, 0.1) is 19.9 Å². The van der Waals surface area contributed by atoms with Crippen molar-refractivity contribution < 1.29 is 9.47 Å². The van der Waals surface area contributed by atoms with Crippen molar-refractivity contribution in [2.45, 2.75) is 26.7 Å². The van der Waals surface area contributed by atoms with E-state index in [-0.39, 0.29) is 0 Å². The number of aromatic nitrogens is 3. The minimum Gasteiger partial charge on any atom is -0.493 e. The van der Waals surface area contributed by atoms with Gasteiger partial charge in [0.25, 0.3) is 0 Å². The van der Waals surface area contributed by atoms with Crippen molar-refractivity contribution in [1.82, 2.24) is 14.9 Å². The Bertz CT molecular complexity index is 706. The van der Waals surface area contributed by atoms with Crippen molar-refractivity contribution in [3.8, 4) is 11.5 Å². The van der Waals surface area contributed by atoms with Crippen molar-refractivity contribution in [1.29, 1.82) is 0 Å². The fourth-order valence-electron chi connectivity index (χ4n) is 1.84. The summed E-state index contributed by atoms with van der Waals surface area (Å²) in [5, 5.41) is 11.0. The van der Waals surface area contributed by atoms with E-state index in [0.29, 0.717) is 23.0 Å². The Morgan fingerprint density at radius 2 is 2.23 bits per heavy atom. The number of hydrogen-bond donors (Lipinski definition) is 1. The Morgan fingerprint density at radius 3 is 2.86 bits per heavy atom. The molecule has 2 rings (SSSR count). The molecule has 0 atom stereocenters. The van der Waals surface area contributed by atoms with Gasteiger partial charge in [0.1, 0.15) is 5.82 Å². The lowest BCUT2D eigenvalue weighted by Crippen LogP contribution is -2.00. The number of ether oxygens (including phenoxy) is 2. The molecule has 0 saturated heterocycles. The molecule has 0 saturated carbocycles. The molecule has 0 aliphatic heterocycles. The Morgan fingerprint density at radius 1 is 1.41 bits per heavy atom. The van der Waals surface area contributed by atoms with E-state index in [4.69, 9.17) is 21.7 Å². The maximum Gasteiger partial charge on any atom is 0.216 e. The predicted molar refractivity (Wildman–Crippen MR) is 88.5 cm³/mol. The standard InChI is InChI=1S/C15H20N4O2S/c1-4-5-8-21-13-7-6-12(9-14(13)20-3)10-16-19-11(2)17-18-15(19)22/h6-7,9-10H,4-5,8H2,1-3H3,(H,18,22)/b16-10-. The van der Waals surface area contributed by atoms with Gasteiger partial charge in [0.2, 0.25) is 4.77 Å². The number of rotatable bonds is 7. The smallest absolute Gasteiger partial charge is 0.216 e. The van der Waals surface area contributed by atoms with E-state index in [2.05, 4.69) is 22.2 Å². The fraction of sp³-hybridized carbons (Fsp3) is 0.400. The zero-order valence-electron chi connectivity index (χ0n) is 13.0. The molecule has 0 aliphatic carbocycles. The number of unbranched alkanes of at least 4 members (excludes halogenated alkanes) is 1. The van der Waals surface area contributed by atoms with Crippen LogP contribution in [0.25, 0.3) is 0 Å². The van der Waals surface area contributed by atoms with Gasteiger partial charge in [-0.1, -0.05) is 13.3 Å². The lowest BCUT2D eigenvalue weighted by molar-refractivity contribution is 0.288. The average Bonchev–Trinajstić information content (AvgIpc) is 2.85. The Kier molecular flexibility index (Phi) is 5.71. The van der Waals surface area contributed by atoms with E-state index in [1.165, 1.54) is 0 Å². The average molecular weight is 320 g/mol. The van der Waals surface area contributed by atoms with Gasteiger partial charge < -0.3 is 9.47 Å². The molecular weight excluding hydrogens is 300 g/mol. The van der Waals surface area contributed by atoms with Crippen LogP contribution in [-0.2, 0) is 0 Å². The summed E-state index contributed by atoms with van der Waals surface area (Å²) in [5.74, 6) is 2.13. The van der Waals surface area contributed by atoms with Crippen LogP contribution in [0, 0.1) is 11.7 Å². The zero-order valence-corrected chi connectivity index (χ0v) is 13.8. The first-order valence-corrected chi connectivity index (χ1v) is 7.55. The molecule has 0 bridgehead atoms. The minimum absolute atomic E-state index is 0.459. The van der Waals surface area contributed by atoms with Crippen LogP contribution < -0.4 is 9.47 Å². The lowest BCUT2D eigenvalue weighted by Gasteiger charge is -2.10. The number of aryl methyl sites for hydroxylation is 1. The van der Waals surface area contributed by atoms with Gasteiger partial charge in [-0.15, -0.1) is 0 Å². The lowest BCUT2D eigenvalue weighted by atomic mass is 10.2. The van der Waals surface area contributed by atoms with Crippen molar-refractivity contribution in [2.24, 2.45) is 5.10 Å². The molecule has 22 heavy (non-hydrogen) atoms. The second kappa shape index (κ2) is 7.74. The first kappa shape index (κ1) is 16.2. The highest BCUT2D eigenvalue weighted by molar-refractivity contribution is 7.71. The van der Waals surface area contributed by atoms with Gasteiger partial charge >= 0.3 is 0 Å². The van der Waals surface area contributed by atoms with E-state index in [1.54, 1.807) is 18.0 Å². The van der Waals surface area contributed by atoms with Gasteiger partial charge in [-0.3, -0.25) is 5.10 Å². The summed E-state index contributed by atoms with van der Waals surface area (Å²) in [7, 11) is 1.62. The topological polar surface area (TPSA) is 64.4 Å². The summed E-state index contributed by atoms with van der Waals surface area (Å²) in [6.45, 7) is 4.64. The number of nitrogens with zero attached hydrogens (tertiary/aromatic N) is 3. The highest BCUT2D eigenvalue weighted by atomic mass is 32.1. The molecule has 1 N–H and O–H groups in total. The van der Waals surface area contributed by atoms with Crippen molar-refractivity contribution in [2.75, 3.05) is 13.7 Å². The van der Waals surface area contributed by atoms with Gasteiger partial charge in [0, 0.05) is 0 Å². The Labute approximate surface area is 134 Å². The number of hydrogen-bond acceptors (Lipinski definition) is 5. The number of methoxy groups -OCH3 is 1. The van der Waals surface area contributed by atoms with Crippen LogP contribution in [0.4, 0.5) is 0 Å². The van der Waals surface area contributed by atoms with Gasteiger partial charge in [-0.05, 0) is 49.3 Å². The number of nitrogens with one attached hydrogen (secondary N) is 1. The van der Waals surface area contributed by atoms with Crippen LogP contribution in [0.3, 0.4) is 0 Å². The van der Waals surface area contributed by atoms with E-state index in [1.807, 2.05) is 25.1 Å². The number of H-pyrrole nitrogens is 1. The summed E-state index contributed by atoms with van der Waals surface area (Å²) in [6.07, 6.45) is 3.82. The quantitative estimate of drug-likeness (QED) is 0.483. The summed E-state index contributed by atoms with van der Waals surface area (Å²) >= 11 is 5.10. The van der Waals surface area contributed by atoms with E-state index in [0.717, 1.165) is 24.2 Å². The predicted octanol–water partition coefficient (Wildman–Crippen LogP) is 3.32. The van der Waals surface area contributed by atoms with Crippen LogP contribution in [0.1, 0.15) is 31.2 Å². The normalized spacial score (nSPS) is 11.0. The summed E-state index contributed by atoms with van der Waals surface area (Å²) in [6, 6.07) is 5.69. The minimum atomic E-state index is 0.459.